The Labute approximate surface area is 106 Å². The fraction of sp³-hybridized carbons (Fsp3) is 0.727. The van der Waals surface area contributed by atoms with Gasteiger partial charge in [-0.2, -0.15) is 0 Å². The van der Waals surface area contributed by atoms with Crippen LogP contribution in [0.2, 0.25) is 0 Å². The van der Waals surface area contributed by atoms with E-state index in [2.05, 4.69) is 5.32 Å². The van der Waals surface area contributed by atoms with Gasteiger partial charge in [-0.3, -0.25) is 19.3 Å². The summed E-state index contributed by atoms with van der Waals surface area (Å²) >= 11 is 0. The maximum atomic E-state index is 11.9. The molecule has 0 aromatic rings. The quantitative estimate of drug-likeness (QED) is 0.591. The van der Waals surface area contributed by atoms with Gasteiger partial charge in [0.05, 0.1) is 13.0 Å². The molecule has 3 N–H and O–H groups in total. The zero-order valence-electron chi connectivity index (χ0n) is 10.8. The topological polar surface area (TPSA) is 102 Å². The molecule has 0 radical (unpaired) electrons. The number of carbonyl (C=O) groups excluding carboxylic acids is 3. The molecule has 7 heteroatoms. The van der Waals surface area contributed by atoms with E-state index >= 15 is 0 Å². The molecule has 7 nitrogen and oxygen atoms in total. The fourth-order valence-corrected chi connectivity index (χ4v) is 1.84. The third-order valence-corrected chi connectivity index (χ3v) is 2.70. The first-order valence-corrected chi connectivity index (χ1v) is 5.79. The van der Waals surface area contributed by atoms with Gasteiger partial charge in [-0.15, -0.1) is 0 Å². The second kappa shape index (κ2) is 5.92. The monoisotopic (exact) mass is 257 g/mol. The molecule has 1 saturated heterocycles. The number of imide groups is 1. The van der Waals surface area contributed by atoms with Crippen LogP contribution in [0.1, 0.15) is 20.3 Å². The molecule has 0 bridgehead atoms. The van der Waals surface area contributed by atoms with Gasteiger partial charge in [0.15, 0.2) is 0 Å². The Morgan fingerprint density at radius 3 is 2.61 bits per heavy atom. The zero-order chi connectivity index (χ0) is 13.9. The maximum absolute atomic E-state index is 11.9. The third kappa shape index (κ3) is 3.05. The minimum absolute atomic E-state index is 0.0115. The highest BCUT2D eigenvalue weighted by molar-refractivity contribution is 6.07. The first kappa shape index (κ1) is 14.6. The number of nitrogens with zero attached hydrogens (tertiary/aromatic N) is 1. The molecule has 3 amide bonds. The highest BCUT2D eigenvalue weighted by atomic mass is 16.5. The van der Waals surface area contributed by atoms with Gasteiger partial charge >= 0.3 is 0 Å². The molecule has 0 aromatic carbocycles. The van der Waals surface area contributed by atoms with E-state index in [1.807, 2.05) is 0 Å². The lowest BCUT2D eigenvalue weighted by molar-refractivity contribution is -0.141. The van der Waals surface area contributed by atoms with Gasteiger partial charge in [-0.1, -0.05) is 0 Å². The molecule has 18 heavy (non-hydrogen) atoms. The molecule has 0 aliphatic carbocycles. The zero-order valence-corrected chi connectivity index (χ0v) is 10.8. The van der Waals surface area contributed by atoms with Crippen molar-refractivity contribution < 1.29 is 19.1 Å². The van der Waals surface area contributed by atoms with Crippen molar-refractivity contribution in [1.82, 2.24) is 10.2 Å². The molecule has 1 aliphatic heterocycles. The van der Waals surface area contributed by atoms with Crippen LogP contribution in [-0.2, 0) is 19.1 Å². The second-order valence-corrected chi connectivity index (χ2v) is 4.52. The van der Waals surface area contributed by atoms with Crippen LogP contribution in [0, 0.1) is 0 Å². The van der Waals surface area contributed by atoms with Crippen molar-refractivity contribution in [2.24, 2.45) is 5.73 Å². The molecule has 1 aliphatic rings. The Morgan fingerprint density at radius 1 is 1.56 bits per heavy atom. The van der Waals surface area contributed by atoms with Gasteiger partial charge in [-0.05, 0) is 13.8 Å². The van der Waals surface area contributed by atoms with Crippen molar-refractivity contribution in [2.75, 3.05) is 13.7 Å². The maximum Gasteiger partial charge on any atom is 0.252 e. The van der Waals surface area contributed by atoms with Gasteiger partial charge in [0.2, 0.25) is 11.8 Å². The highest BCUT2D eigenvalue weighted by Gasteiger charge is 2.41. The summed E-state index contributed by atoms with van der Waals surface area (Å²) in [6.07, 6.45) is -0.0115. The van der Waals surface area contributed by atoms with Gasteiger partial charge < -0.3 is 15.8 Å². The number of carbonyl (C=O) groups is 3. The van der Waals surface area contributed by atoms with E-state index in [0.29, 0.717) is 0 Å². The summed E-state index contributed by atoms with van der Waals surface area (Å²) < 4.78 is 4.75. The predicted molar refractivity (Wildman–Crippen MR) is 63.4 cm³/mol. The lowest BCUT2D eigenvalue weighted by Gasteiger charge is -2.19. The first-order chi connectivity index (χ1) is 8.38. The van der Waals surface area contributed by atoms with E-state index in [4.69, 9.17) is 10.5 Å². The average molecular weight is 257 g/mol. The number of nitrogens with two attached hydrogens (primary N) is 1. The SMILES string of the molecule is COCC(N)C(=O)NC1CC(=O)N(C(C)C)C1=O. The summed E-state index contributed by atoms with van der Waals surface area (Å²) in [4.78, 5) is 36.3. The average Bonchev–Trinajstić information content (AvgIpc) is 2.54. The molecule has 102 valence electrons. The summed E-state index contributed by atoms with van der Waals surface area (Å²) in [6.45, 7) is 3.56. The molecule has 2 unspecified atom stereocenters. The number of amides is 3. The van der Waals surface area contributed by atoms with Crippen LogP contribution < -0.4 is 11.1 Å². The molecule has 0 saturated carbocycles. The minimum Gasteiger partial charge on any atom is -0.383 e. The van der Waals surface area contributed by atoms with E-state index in [0.717, 1.165) is 4.90 Å². The van der Waals surface area contributed by atoms with E-state index in [-0.39, 0.29) is 30.9 Å². The van der Waals surface area contributed by atoms with Crippen LogP contribution in [0.3, 0.4) is 0 Å². The van der Waals surface area contributed by atoms with Crippen LogP contribution in [0.25, 0.3) is 0 Å². The number of hydrogen-bond acceptors (Lipinski definition) is 5. The van der Waals surface area contributed by atoms with Crippen LogP contribution in [0.15, 0.2) is 0 Å². The lowest BCUT2D eigenvalue weighted by Crippen LogP contribution is -2.50. The second-order valence-electron chi connectivity index (χ2n) is 4.52. The van der Waals surface area contributed by atoms with Crippen molar-refractivity contribution >= 4 is 17.7 Å². The fourth-order valence-electron chi connectivity index (χ4n) is 1.84. The van der Waals surface area contributed by atoms with E-state index in [1.54, 1.807) is 13.8 Å². The molecule has 1 rings (SSSR count). The predicted octanol–water partition coefficient (Wildman–Crippen LogP) is -1.39. The van der Waals surface area contributed by atoms with Gasteiger partial charge in [0.1, 0.15) is 12.1 Å². The number of methoxy groups -OCH3 is 1. The number of nitrogens with one attached hydrogen (secondary N) is 1. The largest absolute Gasteiger partial charge is 0.383 e. The van der Waals surface area contributed by atoms with Crippen molar-refractivity contribution in [3.63, 3.8) is 0 Å². The summed E-state index contributed by atoms with van der Waals surface area (Å²) in [7, 11) is 1.43. The summed E-state index contributed by atoms with van der Waals surface area (Å²) in [6, 6.07) is -1.86. The van der Waals surface area contributed by atoms with Crippen LogP contribution in [-0.4, -0.2) is 54.5 Å². The minimum atomic E-state index is -0.842. The van der Waals surface area contributed by atoms with E-state index in [1.165, 1.54) is 7.11 Å². The summed E-state index contributed by atoms with van der Waals surface area (Å²) in [5.74, 6) is -1.15. The van der Waals surface area contributed by atoms with Crippen molar-refractivity contribution in [1.29, 1.82) is 0 Å². The number of likely N-dealkylation sites (tertiary alicyclic amines) is 1. The molecule has 0 aromatic heterocycles. The third-order valence-electron chi connectivity index (χ3n) is 2.70. The van der Waals surface area contributed by atoms with E-state index in [9.17, 15) is 14.4 Å². The Hall–Kier alpha value is -1.47. The first-order valence-electron chi connectivity index (χ1n) is 5.79. The number of ether oxygens (including phenoxy) is 1. The smallest absolute Gasteiger partial charge is 0.252 e. The van der Waals surface area contributed by atoms with Crippen molar-refractivity contribution in [3.8, 4) is 0 Å². The molecule has 2 atom stereocenters. The van der Waals surface area contributed by atoms with Gasteiger partial charge in [-0.25, -0.2) is 0 Å². The molecular weight excluding hydrogens is 238 g/mol. The summed E-state index contributed by atoms with van der Waals surface area (Å²) in [5, 5.41) is 2.47. The molecule has 0 spiro atoms. The van der Waals surface area contributed by atoms with E-state index < -0.39 is 18.0 Å². The number of rotatable bonds is 5. The molecule has 1 heterocycles. The standard InChI is InChI=1S/C11H19N3O4/c1-6(2)14-9(15)4-8(11(14)17)13-10(16)7(12)5-18-3/h6-8H,4-5,12H2,1-3H3,(H,13,16). The van der Waals surface area contributed by atoms with Crippen LogP contribution in [0.5, 0.6) is 0 Å². The Kier molecular flexibility index (Phi) is 4.80. The number of hydrogen-bond donors (Lipinski definition) is 2. The normalized spacial score (nSPS) is 21.6. The van der Waals surface area contributed by atoms with Gasteiger partial charge in [0, 0.05) is 13.2 Å². The molecule has 1 fully saturated rings. The Morgan fingerprint density at radius 2 is 2.17 bits per heavy atom. The van der Waals surface area contributed by atoms with Crippen LogP contribution in [0.4, 0.5) is 0 Å². The van der Waals surface area contributed by atoms with Gasteiger partial charge in [0.25, 0.3) is 5.91 Å². The Balaban J connectivity index is 2.62. The van der Waals surface area contributed by atoms with Crippen molar-refractivity contribution in [3.05, 3.63) is 0 Å². The van der Waals surface area contributed by atoms with Crippen molar-refractivity contribution in [2.45, 2.75) is 38.4 Å². The summed E-state index contributed by atoms with van der Waals surface area (Å²) in [5.41, 5.74) is 5.53. The Bertz CT molecular complexity index is 356. The highest BCUT2D eigenvalue weighted by Crippen LogP contribution is 2.16. The molecular formula is C11H19N3O4. The van der Waals surface area contributed by atoms with Crippen LogP contribution >= 0.6 is 0 Å². The lowest BCUT2D eigenvalue weighted by atomic mass is 10.2.